The molecule has 3 nitrogen and oxygen atoms in total. The first kappa shape index (κ1) is 15.0. The lowest BCUT2D eigenvalue weighted by atomic mass is 10.3. The fourth-order valence-electron chi connectivity index (χ4n) is 1.64. The lowest BCUT2D eigenvalue weighted by Crippen LogP contribution is -2.14. The Hall–Kier alpha value is -1.35. The molecule has 0 aliphatic carbocycles. The molecule has 2 rings (SSSR count). The summed E-state index contributed by atoms with van der Waals surface area (Å²) in [4.78, 5) is 0. The third-order valence-electron chi connectivity index (χ3n) is 2.55. The molecule has 0 aromatic heterocycles. The van der Waals surface area contributed by atoms with Crippen molar-refractivity contribution in [3.63, 3.8) is 0 Å². The van der Waals surface area contributed by atoms with E-state index in [1.54, 1.807) is 12.1 Å². The van der Waals surface area contributed by atoms with Crippen LogP contribution in [0.5, 0.6) is 0 Å². The molecule has 0 spiro atoms. The van der Waals surface area contributed by atoms with E-state index in [2.05, 4.69) is 27.6 Å². The quantitative estimate of drug-likeness (QED) is 0.776. The zero-order valence-electron chi connectivity index (χ0n) is 10.8. The van der Waals surface area contributed by atoms with Gasteiger partial charge in [-0.15, -0.1) is 0 Å². The van der Waals surface area contributed by atoms with Crippen LogP contribution in [0.15, 0.2) is 71.7 Å². The number of hydrogen-bond donors (Lipinski definition) is 1. The van der Waals surface area contributed by atoms with Gasteiger partial charge in [0.25, 0.3) is 0 Å². The van der Waals surface area contributed by atoms with Crippen molar-refractivity contribution in [1.82, 2.24) is 0 Å². The van der Waals surface area contributed by atoms with E-state index in [1.165, 1.54) is 0 Å². The van der Waals surface area contributed by atoms with Crippen LogP contribution in [0.4, 0.5) is 5.69 Å². The molecule has 0 amide bonds. The van der Waals surface area contributed by atoms with Crippen molar-refractivity contribution in [2.24, 2.45) is 0 Å². The number of nitrogens with one attached hydrogen (secondary N) is 1. The lowest BCUT2D eigenvalue weighted by molar-refractivity contribution is 0.363. The van der Waals surface area contributed by atoms with Crippen LogP contribution < -0.4 is 10.4 Å². The predicted octanol–water partition coefficient (Wildman–Crippen LogP) is 4.54. The van der Waals surface area contributed by atoms with Gasteiger partial charge in [0.15, 0.2) is 0 Å². The maximum absolute atomic E-state index is 13.1. The van der Waals surface area contributed by atoms with E-state index in [9.17, 15) is 4.57 Å². The van der Waals surface area contributed by atoms with Gasteiger partial charge >= 0.3 is 7.52 Å². The van der Waals surface area contributed by atoms with Crippen LogP contribution in [0.2, 0.25) is 0 Å². The minimum Gasteiger partial charge on any atom is -0.312 e. The molecule has 0 heterocycles. The van der Waals surface area contributed by atoms with Crippen molar-refractivity contribution in [3.05, 3.63) is 71.7 Å². The Morgan fingerprint density at radius 2 is 1.65 bits per heavy atom. The van der Waals surface area contributed by atoms with Crippen LogP contribution in [-0.2, 0) is 9.09 Å². The highest BCUT2D eigenvalue weighted by Gasteiger charge is 2.26. The summed E-state index contributed by atoms with van der Waals surface area (Å²) in [5.74, 6) is 0. The van der Waals surface area contributed by atoms with E-state index >= 15 is 0 Å². The van der Waals surface area contributed by atoms with E-state index in [0.717, 1.165) is 5.69 Å². The van der Waals surface area contributed by atoms with E-state index < -0.39 is 7.52 Å². The van der Waals surface area contributed by atoms with Crippen LogP contribution in [0.25, 0.3) is 0 Å². The van der Waals surface area contributed by atoms with Gasteiger partial charge < -0.3 is 9.61 Å². The molecule has 5 heteroatoms. The van der Waals surface area contributed by atoms with Crippen molar-refractivity contribution in [1.29, 1.82) is 0 Å². The van der Waals surface area contributed by atoms with Crippen molar-refractivity contribution >= 4 is 34.4 Å². The SMILES string of the molecule is C=C(Br)CO[P@](=O)(Nc1ccccc1)c1ccccc1. The van der Waals surface area contributed by atoms with Gasteiger partial charge in [-0.3, -0.25) is 4.57 Å². The van der Waals surface area contributed by atoms with Crippen molar-refractivity contribution < 1.29 is 9.09 Å². The summed E-state index contributed by atoms with van der Waals surface area (Å²) in [7, 11) is -3.19. The maximum Gasteiger partial charge on any atom is 0.324 e. The molecule has 1 N–H and O–H groups in total. The first-order valence-corrected chi connectivity index (χ1v) is 8.49. The normalized spacial score (nSPS) is 13.4. The third-order valence-corrected chi connectivity index (χ3v) is 4.80. The summed E-state index contributed by atoms with van der Waals surface area (Å²) in [5.41, 5.74) is 0.750. The minimum atomic E-state index is -3.19. The predicted molar refractivity (Wildman–Crippen MR) is 87.8 cm³/mol. The molecule has 0 fully saturated rings. The number of benzene rings is 2. The molecule has 2 aromatic carbocycles. The summed E-state index contributed by atoms with van der Waals surface area (Å²) in [5, 5.41) is 3.62. The van der Waals surface area contributed by atoms with Crippen molar-refractivity contribution in [3.8, 4) is 0 Å². The van der Waals surface area contributed by atoms with E-state index in [-0.39, 0.29) is 6.61 Å². The highest BCUT2D eigenvalue weighted by atomic mass is 79.9. The number of halogens is 1. The monoisotopic (exact) mass is 351 g/mol. The first-order chi connectivity index (χ1) is 9.60. The summed E-state index contributed by atoms with van der Waals surface area (Å²) >= 11 is 3.22. The fraction of sp³-hybridized carbons (Fsp3) is 0.0667. The number of para-hydroxylation sites is 1. The van der Waals surface area contributed by atoms with Crippen molar-refractivity contribution in [2.45, 2.75) is 0 Å². The molecule has 0 radical (unpaired) electrons. The molecule has 1 atom stereocenters. The summed E-state index contributed by atoms with van der Waals surface area (Å²) in [6.45, 7) is 3.87. The zero-order chi connectivity index (χ0) is 14.4. The second-order valence-electron chi connectivity index (χ2n) is 4.16. The first-order valence-electron chi connectivity index (χ1n) is 6.07. The molecule has 0 aliphatic rings. The molecular weight excluding hydrogens is 337 g/mol. The van der Waals surface area contributed by atoms with Gasteiger partial charge in [-0.25, -0.2) is 0 Å². The van der Waals surface area contributed by atoms with Gasteiger partial charge in [-0.05, 0) is 24.3 Å². The Bertz CT molecular complexity index is 616. The molecule has 0 aliphatic heterocycles. The lowest BCUT2D eigenvalue weighted by Gasteiger charge is -2.20. The summed E-state index contributed by atoms with van der Waals surface area (Å²) in [6, 6.07) is 18.5. The smallest absolute Gasteiger partial charge is 0.312 e. The van der Waals surface area contributed by atoms with Crippen LogP contribution >= 0.6 is 23.4 Å². The molecule has 20 heavy (non-hydrogen) atoms. The molecule has 0 saturated heterocycles. The largest absolute Gasteiger partial charge is 0.324 e. The minimum absolute atomic E-state index is 0.173. The van der Waals surface area contributed by atoms with Crippen molar-refractivity contribution in [2.75, 3.05) is 11.7 Å². The number of hydrogen-bond acceptors (Lipinski definition) is 2. The van der Waals surface area contributed by atoms with Crippen LogP contribution in [0.3, 0.4) is 0 Å². The molecule has 0 bridgehead atoms. The molecule has 0 saturated carbocycles. The van der Waals surface area contributed by atoms with Gasteiger partial charge in [0, 0.05) is 10.2 Å². The Balaban J connectivity index is 2.29. The Labute approximate surface area is 127 Å². The molecule has 0 unspecified atom stereocenters. The molecular formula is C15H15BrNO2P. The Kier molecular flexibility index (Phi) is 5.18. The summed E-state index contributed by atoms with van der Waals surface area (Å²) in [6.07, 6.45) is 0. The second-order valence-corrected chi connectivity index (χ2v) is 7.38. The summed E-state index contributed by atoms with van der Waals surface area (Å²) < 4.78 is 19.3. The average molecular weight is 352 g/mol. The van der Waals surface area contributed by atoms with Crippen LogP contribution in [0.1, 0.15) is 0 Å². The van der Waals surface area contributed by atoms with Crippen LogP contribution in [0, 0.1) is 0 Å². The van der Waals surface area contributed by atoms with Gasteiger partial charge in [0.1, 0.15) is 0 Å². The van der Waals surface area contributed by atoms with E-state index in [4.69, 9.17) is 4.52 Å². The number of anilines is 1. The topological polar surface area (TPSA) is 38.3 Å². The fourth-order valence-corrected chi connectivity index (χ4v) is 3.66. The number of rotatable bonds is 6. The van der Waals surface area contributed by atoms with Crippen LogP contribution in [-0.4, -0.2) is 6.61 Å². The standard InChI is InChI=1S/C15H15BrNO2P/c1-13(16)12-19-20(18,15-10-6-3-7-11-15)17-14-8-4-2-5-9-14/h2-11H,1,12H2,(H,17,18)/t20-/m0/s1. The second kappa shape index (κ2) is 6.89. The molecule has 2 aromatic rings. The third kappa shape index (κ3) is 4.07. The highest BCUT2D eigenvalue weighted by molar-refractivity contribution is 9.11. The van der Waals surface area contributed by atoms with Gasteiger partial charge in [0.2, 0.25) is 0 Å². The maximum atomic E-state index is 13.1. The van der Waals surface area contributed by atoms with E-state index in [1.807, 2.05) is 48.5 Å². The van der Waals surface area contributed by atoms with Gasteiger partial charge in [-0.1, -0.05) is 58.9 Å². The average Bonchev–Trinajstić information content (AvgIpc) is 2.47. The molecule has 104 valence electrons. The Morgan fingerprint density at radius 1 is 1.10 bits per heavy atom. The zero-order valence-corrected chi connectivity index (χ0v) is 13.3. The van der Waals surface area contributed by atoms with Gasteiger partial charge in [0.05, 0.1) is 11.9 Å². The highest BCUT2D eigenvalue weighted by Crippen LogP contribution is 2.46. The van der Waals surface area contributed by atoms with E-state index in [0.29, 0.717) is 9.79 Å². The van der Waals surface area contributed by atoms with Gasteiger partial charge in [-0.2, -0.15) is 0 Å². The Morgan fingerprint density at radius 3 is 2.20 bits per heavy atom.